The molecule has 1 amide bonds. The van der Waals surface area contributed by atoms with Gasteiger partial charge in [0.1, 0.15) is 0 Å². The summed E-state index contributed by atoms with van der Waals surface area (Å²) in [6.07, 6.45) is 2.51. The summed E-state index contributed by atoms with van der Waals surface area (Å²) in [7, 11) is 0. The van der Waals surface area contributed by atoms with E-state index >= 15 is 0 Å². The van der Waals surface area contributed by atoms with Gasteiger partial charge in [0, 0.05) is 24.7 Å². The third-order valence-corrected chi connectivity index (χ3v) is 4.03. The number of nitrogens with two attached hydrogens (primary N) is 1. The van der Waals surface area contributed by atoms with E-state index in [1.165, 1.54) is 0 Å². The maximum atomic E-state index is 12.0. The molecule has 0 aliphatic carbocycles. The van der Waals surface area contributed by atoms with E-state index in [2.05, 4.69) is 0 Å². The van der Waals surface area contributed by atoms with Gasteiger partial charge in [0.25, 0.3) is 0 Å². The number of anilines is 1. The molecule has 2 rings (SSSR count). The van der Waals surface area contributed by atoms with Crippen molar-refractivity contribution in [2.45, 2.75) is 52.1 Å². The molecule has 0 saturated heterocycles. The molecule has 120 valence electrons. The van der Waals surface area contributed by atoms with Gasteiger partial charge < -0.3 is 15.4 Å². The minimum Gasteiger partial charge on any atom is -0.462 e. The molecule has 1 aromatic rings. The summed E-state index contributed by atoms with van der Waals surface area (Å²) < 4.78 is 5.23. The number of benzene rings is 1. The van der Waals surface area contributed by atoms with Crippen LogP contribution in [-0.4, -0.2) is 24.5 Å². The van der Waals surface area contributed by atoms with Crippen molar-refractivity contribution in [3.8, 4) is 0 Å². The number of esters is 1. The Morgan fingerprint density at radius 3 is 2.77 bits per heavy atom. The van der Waals surface area contributed by atoms with Gasteiger partial charge in [0.2, 0.25) is 5.91 Å². The normalized spacial score (nSPS) is 20.5. The van der Waals surface area contributed by atoms with Gasteiger partial charge in [-0.3, -0.25) is 4.79 Å². The Labute approximate surface area is 131 Å². The van der Waals surface area contributed by atoms with Crippen LogP contribution < -0.4 is 10.6 Å². The Kier molecular flexibility index (Phi) is 5.19. The summed E-state index contributed by atoms with van der Waals surface area (Å²) in [5.41, 5.74) is 8.32. The second kappa shape index (κ2) is 6.92. The molecule has 22 heavy (non-hydrogen) atoms. The van der Waals surface area contributed by atoms with Crippen molar-refractivity contribution < 1.29 is 14.3 Å². The van der Waals surface area contributed by atoms with Crippen LogP contribution in [-0.2, 0) is 9.53 Å². The van der Waals surface area contributed by atoms with Crippen LogP contribution in [0.4, 0.5) is 5.69 Å². The first-order valence-corrected chi connectivity index (χ1v) is 7.82. The molecule has 1 heterocycles. The van der Waals surface area contributed by atoms with E-state index in [4.69, 9.17) is 10.5 Å². The largest absolute Gasteiger partial charge is 0.462 e. The predicted octanol–water partition coefficient (Wildman–Crippen LogP) is 2.79. The zero-order valence-electron chi connectivity index (χ0n) is 13.5. The Hall–Kier alpha value is -1.88. The number of hydrogen-bond acceptors (Lipinski definition) is 4. The van der Waals surface area contributed by atoms with E-state index < -0.39 is 0 Å². The second-order valence-corrected chi connectivity index (χ2v) is 5.84. The van der Waals surface area contributed by atoms with Gasteiger partial charge in [-0.15, -0.1) is 0 Å². The fourth-order valence-electron chi connectivity index (χ4n) is 2.91. The van der Waals surface area contributed by atoms with Crippen LogP contribution in [0, 0.1) is 0 Å². The molecule has 0 saturated carbocycles. The van der Waals surface area contributed by atoms with E-state index in [1.54, 1.807) is 30.0 Å². The summed E-state index contributed by atoms with van der Waals surface area (Å²) in [5, 5.41) is 0. The minimum absolute atomic E-state index is 0.0149. The summed E-state index contributed by atoms with van der Waals surface area (Å²) in [6, 6.07) is 5.14. The molecular formula is C17H24N2O3. The topological polar surface area (TPSA) is 72.6 Å². The highest BCUT2D eigenvalue weighted by molar-refractivity contribution is 5.95. The Bertz CT molecular complexity index is 571. The lowest BCUT2D eigenvalue weighted by atomic mass is 9.91. The van der Waals surface area contributed by atoms with Crippen LogP contribution in [0.2, 0.25) is 0 Å². The van der Waals surface area contributed by atoms with Gasteiger partial charge in [-0.25, -0.2) is 4.79 Å². The number of carbonyl (C=O) groups is 2. The molecule has 0 fully saturated rings. The fraction of sp³-hybridized carbons (Fsp3) is 0.529. The van der Waals surface area contributed by atoms with Crippen LogP contribution in [0.3, 0.4) is 0 Å². The lowest BCUT2D eigenvalue weighted by Gasteiger charge is -2.37. The molecule has 2 atom stereocenters. The molecular weight excluding hydrogens is 280 g/mol. The predicted molar refractivity (Wildman–Crippen MR) is 85.8 cm³/mol. The molecule has 0 aromatic heterocycles. The Balaban J connectivity index is 2.28. The zero-order chi connectivity index (χ0) is 16.3. The summed E-state index contributed by atoms with van der Waals surface area (Å²) in [5.74, 6) is -0.352. The van der Waals surface area contributed by atoms with Gasteiger partial charge in [-0.05, 0) is 43.5 Å². The third kappa shape index (κ3) is 3.30. The van der Waals surface area contributed by atoms with Gasteiger partial charge in [-0.1, -0.05) is 13.3 Å². The smallest absolute Gasteiger partial charge is 0.338 e. The molecule has 5 heteroatoms. The van der Waals surface area contributed by atoms with E-state index in [9.17, 15) is 9.59 Å². The number of ether oxygens (including phenoxy) is 1. The molecule has 1 aliphatic heterocycles. The molecule has 0 bridgehead atoms. The Morgan fingerprint density at radius 2 is 2.14 bits per heavy atom. The zero-order valence-corrected chi connectivity index (χ0v) is 13.5. The van der Waals surface area contributed by atoms with Crippen molar-refractivity contribution in [3.63, 3.8) is 0 Å². The molecule has 0 unspecified atom stereocenters. The first-order chi connectivity index (χ1) is 10.5. The second-order valence-electron chi connectivity index (χ2n) is 5.84. The fourth-order valence-corrected chi connectivity index (χ4v) is 2.91. The average molecular weight is 304 g/mol. The van der Waals surface area contributed by atoms with E-state index in [0.717, 1.165) is 24.1 Å². The first-order valence-electron chi connectivity index (χ1n) is 7.82. The Morgan fingerprint density at radius 1 is 1.41 bits per heavy atom. The number of hydrogen-bond donors (Lipinski definition) is 1. The highest BCUT2D eigenvalue weighted by Gasteiger charge is 2.31. The average Bonchev–Trinajstić information content (AvgIpc) is 2.46. The molecule has 2 N–H and O–H groups in total. The number of unbranched alkanes of at least 4 members (excludes halogenated alkanes) is 1. The highest BCUT2D eigenvalue weighted by atomic mass is 16.5. The van der Waals surface area contributed by atoms with Crippen LogP contribution in [0.5, 0.6) is 0 Å². The van der Waals surface area contributed by atoms with Crippen molar-refractivity contribution in [2.24, 2.45) is 5.73 Å². The number of amides is 1. The van der Waals surface area contributed by atoms with E-state index in [0.29, 0.717) is 18.6 Å². The quantitative estimate of drug-likeness (QED) is 0.686. The number of fused-ring (bicyclic) bond motifs is 1. The summed E-state index contributed by atoms with van der Waals surface area (Å²) >= 11 is 0. The lowest BCUT2D eigenvalue weighted by Crippen LogP contribution is -2.43. The minimum atomic E-state index is -0.337. The third-order valence-electron chi connectivity index (χ3n) is 4.03. The molecule has 5 nitrogen and oxygen atoms in total. The lowest BCUT2D eigenvalue weighted by molar-refractivity contribution is -0.117. The molecule has 0 radical (unpaired) electrons. The molecule has 0 spiro atoms. The van der Waals surface area contributed by atoms with E-state index in [-0.39, 0.29) is 24.0 Å². The first kappa shape index (κ1) is 16.5. The van der Waals surface area contributed by atoms with Crippen LogP contribution in [0.25, 0.3) is 0 Å². The van der Waals surface area contributed by atoms with Crippen LogP contribution in [0.1, 0.15) is 62.0 Å². The number of rotatable bonds is 4. The monoisotopic (exact) mass is 304 g/mol. The van der Waals surface area contributed by atoms with Crippen molar-refractivity contribution >= 4 is 17.6 Å². The SMILES string of the molecule is CCCCOC(=O)c1ccc2c(c1)[C@H](N)C[C@H](C)N2C(C)=O. The molecule has 1 aromatic carbocycles. The number of carbonyl (C=O) groups excluding carboxylic acids is 2. The van der Waals surface area contributed by atoms with Crippen molar-refractivity contribution in [2.75, 3.05) is 11.5 Å². The van der Waals surface area contributed by atoms with Crippen molar-refractivity contribution in [3.05, 3.63) is 29.3 Å². The van der Waals surface area contributed by atoms with Gasteiger partial charge in [0.05, 0.1) is 12.2 Å². The van der Waals surface area contributed by atoms with E-state index in [1.807, 2.05) is 13.8 Å². The van der Waals surface area contributed by atoms with Gasteiger partial charge in [0.15, 0.2) is 0 Å². The standard InChI is InChI=1S/C17H24N2O3/c1-4-5-8-22-17(21)13-6-7-16-14(10-13)15(18)9-11(2)19(16)12(3)20/h6-7,10-11,15H,4-5,8-9,18H2,1-3H3/t11-,15+/m0/s1. The van der Waals surface area contributed by atoms with Crippen molar-refractivity contribution in [1.29, 1.82) is 0 Å². The summed E-state index contributed by atoms with van der Waals surface area (Å²) in [4.78, 5) is 25.7. The summed E-state index contributed by atoms with van der Waals surface area (Å²) in [6.45, 7) is 6.00. The maximum Gasteiger partial charge on any atom is 0.338 e. The van der Waals surface area contributed by atoms with Gasteiger partial charge >= 0.3 is 5.97 Å². The maximum absolute atomic E-state index is 12.0. The van der Waals surface area contributed by atoms with Crippen LogP contribution >= 0.6 is 0 Å². The molecule has 1 aliphatic rings. The number of nitrogens with zero attached hydrogens (tertiary/aromatic N) is 1. The highest BCUT2D eigenvalue weighted by Crippen LogP contribution is 2.36. The van der Waals surface area contributed by atoms with Crippen LogP contribution in [0.15, 0.2) is 18.2 Å². The van der Waals surface area contributed by atoms with Gasteiger partial charge in [-0.2, -0.15) is 0 Å². The van der Waals surface area contributed by atoms with Crippen molar-refractivity contribution in [1.82, 2.24) is 0 Å².